The summed E-state index contributed by atoms with van der Waals surface area (Å²) in [5.41, 5.74) is 6.91. The van der Waals surface area contributed by atoms with E-state index in [-0.39, 0.29) is 11.9 Å². The van der Waals surface area contributed by atoms with Crippen LogP contribution >= 0.6 is 0 Å². The largest absolute Gasteiger partial charge is 0.383 e. The molecule has 1 amide bonds. The lowest BCUT2D eigenvalue weighted by atomic mass is 10.2. The summed E-state index contributed by atoms with van der Waals surface area (Å²) in [4.78, 5) is 15.8. The maximum Gasteiger partial charge on any atom is 0.253 e. The molecular weight excluding hydrogens is 206 g/mol. The highest BCUT2D eigenvalue weighted by atomic mass is 16.5. The number of nitrogens with one attached hydrogen (secondary N) is 1. The number of carbonyl (C=O) groups is 1. The number of amides is 1. The van der Waals surface area contributed by atoms with Gasteiger partial charge in [0.05, 0.1) is 18.2 Å². The van der Waals surface area contributed by atoms with Gasteiger partial charge < -0.3 is 15.8 Å². The summed E-state index contributed by atoms with van der Waals surface area (Å²) in [6.07, 6.45) is 1.55. The number of ether oxygens (including phenoxy) is 1. The standard InChI is InChI=1S/C11H17N3O2/c1-8-3-4-9(6-13-8)11(15)14-10(5-12)7-16-2/h3-4,6,10H,5,7,12H2,1-2H3,(H,14,15). The van der Waals surface area contributed by atoms with Crippen LogP contribution in [-0.2, 0) is 4.74 Å². The molecule has 88 valence electrons. The van der Waals surface area contributed by atoms with Gasteiger partial charge in [-0.15, -0.1) is 0 Å². The van der Waals surface area contributed by atoms with Crippen LogP contribution in [-0.4, -0.2) is 37.2 Å². The van der Waals surface area contributed by atoms with Gasteiger partial charge >= 0.3 is 0 Å². The SMILES string of the molecule is COCC(CN)NC(=O)c1ccc(C)nc1. The number of methoxy groups -OCH3 is 1. The van der Waals surface area contributed by atoms with Gasteiger partial charge in [0.25, 0.3) is 5.91 Å². The fraction of sp³-hybridized carbons (Fsp3) is 0.455. The Morgan fingerprint density at radius 3 is 2.88 bits per heavy atom. The number of carbonyl (C=O) groups excluding carboxylic acids is 1. The second kappa shape index (κ2) is 6.19. The lowest BCUT2D eigenvalue weighted by molar-refractivity contribution is 0.0900. The molecule has 1 unspecified atom stereocenters. The van der Waals surface area contributed by atoms with E-state index in [9.17, 15) is 4.79 Å². The van der Waals surface area contributed by atoms with Crippen molar-refractivity contribution in [2.45, 2.75) is 13.0 Å². The van der Waals surface area contributed by atoms with E-state index in [0.29, 0.717) is 18.7 Å². The van der Waals surface area contributed by atoms with E-state index < -0.39 is 0 Å². The van der Waals surface area contributed by atoms with Crippen molar-refractivity contribution in [3.63, 3.8) is 0 Å². The van der Waals surface area contributed by atoms with Gasteiger partial charge in [0, 0.05) is 25.5 Å². The second-order valence-electron chi connectivity index (χ2n) is 3.55. The van der Waals surface area contributed by atoms with Gasteiger partial charge in [0.2, 0.25) is 0 Å². The summed E-state index contributed by atoms with van der Waals surface area (Å²) >= 11 is 0. The molecule has 5 heteroatoms. The van der Waals surface area contributed by atoms with E-state index >= 15 is 0 Å². The molecule has 1 heterocycles. The van der Waals surface area contributed by atoms with Crippen LogP contribution < -0.4 is 11.1 Å². The normalized spacial score (nSPS) is 12.2. The molecule has 0 aliphatic carbocycles. The smallest absolute Gasteiger partial charge is 0.253 e. The monoisotopic (exact) mass is 223 g/mol. The predicted molar refractivity (Wildman–Crippen MR) is 61.2 cm³/mol. The Morgan fingerprint density at radius 2 is 2.38 bits per heavy atom. The molecule has 1 aromatic heterocycles. The van der Waals surface area contributed by atoms with Gasteiger partial charge in [0.15, 0.2) is 0 Å². The summed E-state index contributed by atoms with van der Waals surface area (Å²) in [6.45, 7) is 2.62. The minimum Gasteiger partial charge on any atom is -0.383 e. The first-order valence-electron chi connectivity index (χ1n) is 5.10. The molecule has 0 fully saturated rings. The molecule has 0 saturated heterocycles. The number of aromatic nitrogens is 1. The molecule has 5 nitrogen and oxygen atoms in total. The maximum atomic E-state index is 11.7. The third-order valence-electron chi connectivity index (χ3n) is 2.16. The molecule has 3 N–H and O–H groups in total. The van der Waals surface area contributed by atoms with Crippen molar-refractivity contribution in [2.75, 3.05) is 20.3 Å². The van der Waals surface area contributed by atoms with Crippen LogP contribution in [0, 0.1) is 6.92 Å². The van der Waals surface area contributed by atoms with Crippen molar-refractivity contribution in [2.24, 2.45) is 5.73 Å². The van der Waals surface area contributed by atoms with Crippen LogP contribution in [0.1, 0.15) is 16.1 Å². The van der Waals surface area contributed by atoms with Crippen molar-refractivity contribution >= 4 is 5.91 Å². The van der Waals surface area contributed by atoms with Crippen molar-refractivity contribution in [3.8, 4) is 0 Å². The fourth-order valence-electron chi connectivity index (χ4n) is 1.24. The predicted octanol–water partition coefficient (Wildman–Crippen LogP) is 0.0935. The zero-order valence-corrected chi connectivity index (χ0v) is 9.56. The molecule has 0 radical (unpaired) electrons. The van der Waals surface area contributed by atoms with Crippen LogP contribution in [0.2, 0.25) is 0 Å². The molecule has 1 rings (SSSR count). The summed E-state index contributed by atoms with van der Waals surface area (Å²) < 4.78 is 4.94. The Balaban J connectivity index is 2.60. The molecule has 0 aliphatic heterocycles. The van der Waals surface area contributed by atoms with Crippen molar-refractivity contribution in [1.29, 1.82) is 0 Å². The highest BCUT2D eigenvalue weighted by Crippen LogP contribution is 1.99. The number of nitrogens with two attached hydrogens (primary N) is 1. The minimum absolute atomic E-state index is 0.168. The summed E-state index contributed by atoms with van der Waals surface area (Å²) in [6, 6.07) is 3.36. The maximum absolute atomic E-state index is 11.7. The molecule has 1 atom stereocenters. The average molecular weight is 223 g/mol. The average Bonchev–Trinajstić information content (AvgIpc) is 2.29. The molecule has 16 heavy (non-hydrogen) atoms. The lowest BCUT2D eigenvalue weighted by Gasteiger charge is -2.15. The quantitative estimate of drug-likeness (QED) is 0.742. The Labute approximate surface area is 95.0 Å². The number of pyridine rings is 1. The Hall–Kier alpha value is -1.46. The Bertz CT molecular complexity index is 338. The molecule has 0 saturated carbocycles. The zero-order chi connectivity index (χ0) is 12.0. The van der Waals surface area contributed by atoms with Gasteiger partial charge in [0.1, 0.15) is 0 Å². The molecule has 0 aliphatic rings. The number of hydrogen-bond acceptors (Lipinski definition) is 4. The van der Waals surface area contributed by atoms with Crippen LogP contribution in [0.5, 0.6) is 0 Å². The van der Waals surface area contributed by atoms with Gasteiger partial charge in [-0.05, 0) is 19.1 Å². The van der Waals surface area contributed by atoms with Crippen molar-refractivity contribution in [1.82, 2.24) is 10.3 Å². The van der Waals surface area contributed by atoms with Gasteiger partial charge in [-0.1, -0.05) is 0 Å². The number of aryl methyl sites for hydroxylation is 1. The third kappa shape index (κ3) is 3.60. The van der Waals surface area contributed by atoms with E-state index in [1.165, 1.54) is 0 Å². The zero-order valence-electron chi connectivity index (χ0n) is 9.56. The van der Waals surface area contributed by atoms with Crippen LogP contribution in [0.3, 0.4) is 0 Å². The summed E-state index contributed by atoms with van der Waals surface area (Å²) in [7, 11) is 1.57. The molecular formula is C11H17N3O2. The van der Waals surface area contributed by atoms with E-state index in [4.69, 9.17) is 10.5 Å². The van der Waals surface area contributed by atoms with Gasteiger partial charge in [-0.25, -0.2) is 0 Å². The molecule has 0 aromatic carbocycles. The summed E-state index contributed by atoms with van der Waals surface area (Å²) in [5.74, 6) is -0.181. The highest BCUT2D eigenvalue weighted by molar-refractivity contribution is 5.94. The van der Waals surface area contributed by atoms with Gasteiger partial charge in [-0.2, -0.15) is 0 Å². The topological polar surface area (TPSA) is 77.2 Å². The second-order valence-corrected chi connectivity index (χ2v) is 3.55. The van der Waals surface area contributed by atoms with Crippen molar-refractivity contribution < 1.29 is 9.53 Å². The van der Waals surface area contributed by atoms with Gasteiger partial charge in [-0.3, -0.25) is 9.78 Å². The highest BCUT2D eigenvalue weighted by Gasteiger charge is 2.12. The lowest BCUT2D eigenvalue weighted by Crippen LogP contribution is -2.43. The minimum atomic E-state index is -0.181. The van der Waals surface area contributed by atoms with E-state index in [0.717, 1.165) is 5.69 Å². The fourth-order valence-corrected chi connectivity index (χ4v) is 1.24. The summed E-state index contributed by atoms with van der Waals surface area (Å²) in [5, 5.41) is 2.77. The first-order chi connectivity index (χ1) is 7.67. The Kier molecular flexibility index (Phi) is 4.88. The number of hydrogen-bond donors (Lipinski definition) is 2. The number of rotatable bonds is 5. The molecule has 1 aromatic rings. The number of nitrogens with zero attached hydrogens (tertiary/aromatic N) is 1. The van der Waals surface area contributed by atoms with Crippen LogP contribution in [0.4, 0.5) is 0 Å². The first kappa shape index (κ1) is 12.6. The molecule has 0 bridgehead atoms. The van der Waals surface area contributed by atoms with Crippen molar-refractivity contribution in [3.05, 3.63) is 29.6 Å². The Morgan fingerprint density at radius 1 is 1.62 bits per heavy atom. The first-order valence-corrected chi connectivity index (χ1v) is 5.10. The van der Waals surface area contributed by atoms with E-state index in [1.54, 1.807) is 25.4 Å². The van der Waals surface area contributed by atoms with E-state index in [2.05, 4.69) is 10.3 Å². The van der Waals surface area contributed by atoms with E-state index in [1.807, 2.05) is 6.92 Å². The van der Waals surface area contributed by atoms with Crippen LogP contribution in [0.15, 0.2) is 18.3 Å². The van der Waals surface area contributed by atoms with Crippen LogP contribution in [0.25, 0.3) is 0 Å². The third-order valence-corrected chi connectivity index (χ3v) is 2.16. The molecule has 0 spiro atoms.